The molecule has 8 heteroatoms. The van der Waals surface area contributed by atoms with Crippen molar-refractivity contribution >= 4 is 23.2 Å². The molecule has 0 bridgehead atoms. The van der Waals surface area contributed by atoms with Crippen molar-refractivity contribution in [1.29, 1.82) is 0 Å². The number of nitrogens with zero attached hydrogens (tertiary/aromatic N) is 5. The summed E-state index contributed by atoms with van der Waals surface area (Å²) in [6.07, 6.45) is 0. The second-order valence-electron chi connectivity index (χ2n) is 8.29. The number of ether oxygens (including phenoxy) is 1. The number of methoxy groups -OCH3 is 1. The van der Waals surface area contributed by atoms with E-state index in [1.54, 1.807) is 11.6 Å². The monoisotopic (exact) mass is 475 g/mol. The lowest BCUT2D eigenvalue weighted by atomic mass is 10.1. The highest BCUT2D eigenvalue weighted by Crippen LogP contribution is 2.27. The molecule has 0 N–H and O–H groups in total. The Morgan fingerprint density at radius 3 is 2.24 bits per heavy atom. The molecule has 1 fully saturated rings. The van der Waals surface area contributed by atoms with Gasteiger partial charge in [-0.05, 0) is 49.0 Å². The Kier molecular flexibility index (Phi) is 6.22. The van der Waals surface area contributed by atoms with Crippen molar-refractivity contribution in [2.24, 2.45) is 0 Å². The first-order valence-electron chi connectivity index (χ1n) is 11.4. The fourth-order valence-electron chi connectivity index (χ4n) is 4.23. The van der Waals surface area contributed by atoms with Crippen LogP contribution in [0.15, 0.2) is 60.7 Å². The van der Waals surface area contributed by atoms with E-state index in [1.807, 2.05) is 65.6 Å². The summed E-state index contributed by atoms with van der Waals surface area (Å²) in [5.41, 5.74) is 4.39. The molecule has 5 rings (SSSR count). The first kappa shape index (κ1) is 22.4. The van der Waals surface area contributed by atoms with Gasteiger partial charge in [0, 0.05) is 48.4 Å². The molecular formula is C26H26ClN5O2. The van der Waals surface area contributed by atoms with E-state index < -0.39 is 0 Å². The van der Waals surface area contributed by atoms with Gasteiger partial charge >= 0.3 is 0 Å². The Labute approximate surface area is 203 Å². The molecule has 2 aromatic heterocycles. The molecule has 4 aromatic rings. The van der Waals surface area contributed by atoms with E-state index in [0.29, 0.717) is 35.1 Å². The number of carbonyl (C=O) groups excluding carboxylic acids is 1. The van der Waals surface area contributed by atoms with Gasteiger partial charge in [0.2, 0.25) is 0 Å². The third-order valence-electron chi connectivity index (χ3n) is 6.28. The Hall–Kier alpha value is -3.42. The van der Waals surface area contributed by atoms with E-state index >= 15 is 0 Å². The summed E-state index contributed by atoms with van der Waals surface area (Å²) in [6.45, 7) is 6.27. The van der Waals surface area contributed by atoms with Crippen LogP contribution in [0.3, 0.4) is 0 Å². The molecule has 0 aliphatic carbocycles. The van der Waals surface area contributed by atoms with E-state index in [1.165, 1.54) is 0 Å². The molecule has 34 heavy (non-hydrogen) atoms. The van der Waals surface area contributed by atoms with Crippen LogP contribution in [0.2, 0.25) is 5.02 Å². The zero-order valence-electron chi connectivity index (χ0n) is 19.2. The minimum Gasteiger partial charge on any atom is -0.497 e. The summed E-state index contributed by atoms with van der Waals surface area (Å²) in [5.74, 6) is 0.730. The average molecular weight is 476 g/mol. The number of piperazine rings is 1. The number of hydrogen-bond donors (Lipinski definition) is 0. The van der Waals surface area contributed by atoms with E-state index in [2.05, 4.69) is 11.8 Å². The number of hydrogen-bond acceptors (Lipinski definition) is 5. The van der Waals surface area contributed by atoms with Crippen LogP contribution in [0, 0.1) is 0 Å². The molecule has 1 aliphatic heterocycles. The van der Waals surface area contributed by atoms with Crippen LogP contribution in [0.1, 0.15) is 17.4 Å². The lowest BCUT2D eigenvalue weighted by molar-refractivity contribution is 0.0634. The van der Waals surface area contributed by atoms with Crippen molar-refractivity contribution in [2.45, 2.75) is 6.92 Å². The molecule has 0 atom stereocenters. The Morgan fingerprint density at radius 2 is 1.59 bits per heavy atom. The largest absolute Gasteiger partial charge is 0.497 e. The maximum absolute atomic E-state index is 13.7. The molecule has 1 amide bonds. The zero-order chi connectivity index (χ0) is 23.7. The molecule has 0 spiro atoms. The highest BCUT2D eigenvalue weighted by molar-refractivity contribution is 6.30. The lowest BCUT2D eigenvalue weighted by Gasteiger charge is -2.34. The minimum atomic E-state index is -0.0383. The summed E-state index contributed by atoms with van der Waals surface area (Å²) in [7, 11) is 1.64. The van der Waals surface area contributed by atoms with E-state index in [-0.39, 0.29) is 5.91 Å². The number of carbonyl (C=O) groups is 1. The maximum atomic E-state index is 13.7. The predicted octanol–water partition coefficient (Wildman–Crippen LogP) is 4.50. The molecule has 3 heterocycles. The molecule has 1 aliphatic rings. The zero-order valence-corrected chi connectivity index (χ0v) is 20.0. The third kappa shape index (κ3) is 4.36. The molecular weight excluding hydrogens is 450 g/mol. The van der Waals surface area contributed by atoms with Gasteiger partial charge in [0.1, 0.15) is 11.4 Å². The van der Waals surface area contributed by atoms with Crippen molar-refractivity contribution in [2.75, 3.05) is 39.8 Å². The Bertz CT molecular complexity index is 1310. The second kappa shape index (κ2) is 9.44. The number of benzene rings is 2. The van der Waals surface area contributed by atoms with Gasteiger partial charge in [0.05, 0.1) is 18.5 Å². The highest BCUT2D eigenvalue weighted by atomic mass is 35.5. The molecule has 0 saturated carbocycles. The van der Waals surface area contributed by atoms with Gasteiger partial charge in [0.25, 0.3) is 5.91 Å². The quantitative estimate of drug-likeness (QED) is 0.425. The topological polar surface area (TPSA) is 63.0 Å². The van der Waals surface area contributed by atoms with Crippen molar-refractivity contribution in [3.63, 3.8) is 0 Å². The van der Waals surface area contributed by atoms with Gasteiger partial charge < -0.3 is 14.5 Å². The number of aromatic nitrogens is 3. The van der Waals surface area contributed by atoms with Crippen LogP contribution >= 0.6 is 11.6 Å². The number of fused-ring (bicyclic) bond motifs is 1. The van der Waals surface area contributed by atoms with Crippen LogP contribution in [0.4, 0.5) is 0 Å². The first-order valence-corrected chi connectivity index (χ1v) is 11.8. The predicted molar refractivity (Wildman–Crippen MR) is 133 cm³/mol. The smallest absolute Gasteiger partial charge is 0.272 e. The minimum absolute atomic E-state index is 0.0383. The molecule has 174 valence electrons. The number of rotatable bonds is 5. The van der Waals surface area contributed by atoms with Crippen molar-refractivity contribution in [3.05, 3.63) is 71.4 Å². The van der Waals surface area contributed by atoms with Gasteiger partial charge in [-0.2, -0.15) is 5.10 Å². The molecule has 0 unspecified atom stereocenters. The van der Waals surface area contributed by atoms with E-state index in [9.17, 15) is 4.79 Å². The first-order chi connectivity index (χ1) is 16.6. The van der Waals surface area contributed by atoms with Gasteiger partial charge in [-0.3, -0.25) is 4.79 Å². The van der Waals surface area contributed by atoms with E-state index in [0.717, 1.165) is 42.2 Å². The second-order valence-corrected chi connectivity index (χ2v) is 8.72. The summed E-state index contributed by atoms with van der Waals surface area (Å²) in [6, 6.07) is 18.9. The van der Waals surface area contributed by atoms with Gasteiger partial charge in [-0.1, -0.05) is 30.7 Å². The summed E-state index contributed by atoms with van der Waals surface area (Å²) in [5, 5.41) is 5.42. The van der Waals surface area contributed by atoms with Crippen LogP contribution in [-0.4, -0.2) is 70.1 Å². The van der Waals surface area contributed by atoms with E-state index in [4.69, 9.17) is 26.4 Å². The van der Waals surface area contributed by atoms with Gasteiger partial charge in [-0.25, -0.2) is 9.50 Å². The fourth-order valence-corrected chi connectivity index (χ4v) is 4.35. The van der Waals surface area contributed by atoms with Crippen molar-refractivity contribution in [1.82, 2.24) is 24.4 Å². The Morgan fingerprint density at radius 1 is 0.941 bits per heavy atom. The molecule has 0 radical (unpaired) electrons. The highest BCUT2D eigenvalue weighted by Gasteiger charge is 2.25. The summed E-state index contributed by atoms with van der Waals surface area (Å²) < 4.78 is 6.94. The number of amides is 1. The summed E-state index contributed by atoms with van der Waals surface area (Å²) in [4.78, 5) is 22.8. The van der Waals surface area contributed by atoms with Crippen LogP contribution in [0.25, 0.3) is 28.2 Å². The standard InChI is InChI=1S/C26H26ClN5O2/c1-3-30-12-14-31(15-13-30)26(33)24-16-22(18-6-10-21(34-2)11-7-18)28-25-17-23(29-32(24)25)19-4-8-20(27)9-5-19/h4-11,16-17H,3,12-15H2,1-2H3. The molecule has 2 aromatic carbocycles. The van der Waals surface area contributed by atoms with Crippen LogP contribution in [-0.2, 0) is 0 Å². The lowest BCUT2D eigenvalue weighted by Crippen LogP contribution is -2.48. The third-order valence-corrected chi connectivity index (χ3v) is 6.53. The number of halogens is 1. The molecule has 1 saturated heterocycles. The average Bonchev–Trinajstić information content (AvgIpc) is 3.32. The summed E-state index contributed by atoms with van der Waals surface area (Å²) >= 11 is 6.06. The van der Waals surface area contributed by atoms with Crippen LogP contribution in [0.5, 0.6) is 5.75 Å². The van der Waals surface area contributed by atoms with Gasteiger partial charge in [0.15, 0.2) is 5.65 Å². The van der Waals surface area contributed by atoms with Crippen molar-refractivity contribution < 1.29 is 9.53 Å². The Balaban J connectivity index is 1.59. The number of likely N-dealkylation sites (N-methyl/N-ethyl adjacent to an activating group) is 1. The van der Waals surface area contributed by atoms with Gasteiger partial charge in [-0.15, -0.1) is 0 Å². The van der Waals surface area contributed by atoms with Crippen molar-refractivity contribution in [3.8, 4) is 28.3 Å². The fraction of sp³-hybridized carbons (Fsp3) is 0.269. The maximum Gasteiger partial charge on any atom is 0.272 e. The normalized spacial score (nSPS) is 14.5. The van der Waals surface area contributed by atoms with Crippen LogP contribution < -0.4 is 4.74 Å². The molecule has 7 nitrogen and oxygen atoms in total. The SMILES string of the molecule is CCN1CCN(C(=O)c2cc(-c3ccc(OC)cc3)nc3cc(-c4ccc(Cl)cc4)nn23)CC1.